The molecule has 72 valence electrons. The number of aromatic nitrogens is 2. The Bertz CT molecular complexity index is 270. The third-order valence-corrected chi connectivity index (χ3v) is 3.03. The van der Waals surface area contributed by atoms with Crippen LogP contribution in [0.3, 0.4) is 0 Å². The molecule has 2 rings (SSSR count). The van der Waals surface area contributed by atoms with Crippen LogP contribution in [0.4, 0.5) is 5.82 Å². The second kappa shape index (κ2) is 4.02. The molecule has 0 saturated carbocycles. The molecule has 13 heavy (non-hydrogen) atoms. The Morgan fingerprint density at radius 2 is 2.08 bits per heavy atom. The van der Waals surface area contributed by atoms with Crippen LogP contribution >= 0.6 is 11.5 Å². The summed E-state index contributed by atoms with van der Waals surface area (Å²) in [6.45, 7) is 2.17. The number of rotatable bonds is 2. The zero-order chi connectivity index (χ0) is 9.10. The summed E-state index contributed by atoms with van der Waals surface area (Å²) in [7, 11) is 0. The summed E-state index contributed by atoms with van der Waals surface area (Å²) in [5.41, 5.74) is 0. The Hall–Kier alpha value is -0.680. The summed E-state index contributed by atoms with van der Waals surface area (Å²) in [5.74, 6) is 0.896. The van der Waals surface area contributed by atoms with Gasteiger partial charge in [0.25, 0.3) is 0 Å². The molecule has 4 nitrogen and oxygen atoms in total. The highest BCUT2D eigenvalue weighted by Gasteiger charge is 2.17. The minimum absolute atomic E-state index is 0.0590. The van der Waals surface area contributed by atoms with E-state index in [0.717, 1.165) is 23.8 Å². The van der Waals surface area contributed by atoms with E-state index in [0.29, 0.717) is 0 Å². The first kappa shape index (κ1) is 8.90. The van der Waals surface area contributed by atoms with Crippen molar-refractivity contribution in [1.82, 2.24) is 9.59 Å². The van der Waals surface area contributed by atoms with Crippen LogP contribution in [0.5, 0.6) is 0 Å². The SMILES string of the molecule is OCc1snnc1N1CCCCC1. The molecule has 0 amide bonds. The standard InChI is InChI=1S/C8H13N3OS/c12-6-7-8(9-10-13-7)11-4-2-1-3-5-11/h12H,1-6H2. The van der Waals surface area contributed by atoms with E-state index >= 15 is 0 Å². The van der Waals surface area contributed by atoms with Gasteiger partial charge >= 0.3 is 0 Å². The third kappa shape index (κ3) is 1.81. The largest absolute Gasteiger partial charge is 0.391 e. The van der Waals surface area contributed by atoms with Crippen molar-refractivity contribution in [1.29, 1.82) is 0 Å². The molecule has 1 saturated heterocycles. The van der Waals surface area contributed by atoms with Crippen molar-refractivity contribution in [2.24, 2.45) is 0 Å². The molecule has 0 radical (unpaired) electrons. The lowest BCUT2D eigenvalue weighted by atomic mass is 10.1. The van der Waals surface area contributed by atoms with Gasteiger partial charge in [0.05, 0.1) is 11.5 Å². The average Bonchev–Trinajstić information content (AvgIpc) is 2.67. The number of aliphatic hydroxyl groups excluding tert-OH is 1. The van der Waals surface area contributed by atoms with Crippen LogP contribution in [0.25, 0.3) is 0 Å². The number of nitrogens with zero attached hydrogens (tertiary/aromatic N) is 3. The Morgan fingerprint density at radius 3 is 2.77 bits per heavy atom. The molecule has 5 heteroatoms. The first-order valence-electron chi connectivity index (χ1n) is 4.59. The quantitative estimate of drug-likeness (QED) is 0.772. The second-order valence-electron chi connectivity index (χ2n) is 3.23. The van der Waals surface area contributed by atoms with Gasteiger partial charge in [-0.15, -0.1) is 5.10 Å². The van der Waals surface area contributed by atoms with E-state index in [1.807, 2.05) is 0 Å². The second-order valence-corrected chi connectivity index (χ2v) is 4.06. The summed E-state index contributed by atoms with van der Waals surface area (Å²) >= 11 is 1.29. The van der Waals surface area contributed by atoms with Crippen LogP contribution in [0.1, 0.15) is 24.1 Å². The van der Waals surface area contributed by atoms with E-state index in [-0.39, 0.29) is 6.61 Å². The lowest BCUT2D eigenvalue weighted by Crippen LogP contribution is -2.30. The van der Waals surface area contributed by atoms with Gasteiger partial charge in [-0.25, -0.2) is 0 Å². The number of anilines is 1. The van der Waals surface area contributed by atoms with Crippen LogP contribution in [0, 0.1) is 0 Å². The van der Waals surface area contributed by atoms with Gasteiger partial charge in [0.1, 0.15) is 0 Å². The van der Waals surface area contributed by atoms with E-state index in [1.165, 1.54) is 30.8 Å². The molecule has 1 aliphatic rings. The lowest BCUT2D eigenvalue weighted by Gasteiger charge is -2.26. The van der Waals surface area contributed by atoms with Crippen molar-refractivity contribution in [2.75, 3.05) is 18.0 Å². The Kier molecular flexibility index (Phi) is 2.75. The van der Waals surface area contributed by atoms with Gasteiger partial charge in [-0.1, -0.05) is 4.49 Å². The molecule has 1 fully saturated rings. The predicted octanol–water partition coefficient (Wildman–Crippen LogP) is 1.02. The van der Waals surface area contributed by atoms with E-state index in [2.05, 4.69) is 14.5 Å². The van der Waals surface area contributed by atoms with Gasteiger partial charge in [-0.3, -0.25) is 0 Å². The normalized spacial score (nSPS) is 17.8. The molecule has 0 unspecified atom stereocenters. The fraction of sp³-hybridized carbons (Fsp3) is 0.750. The Balaban J connectivity index is 2.13. The lowest BCUT2D eigenvalue weighted by molar-refractivity contribution is 0.285. The smallest absolute Gasteiger partial charge is 0.169 e. The van der Waals surface area contributed by atoms with Crippen LogP contribution in [0.2, 0.25) is 0 Å². The van der Waals surface area contributed by atoms with Crippen molar-refractivity contribution >= 4 is 17.4 Å². The van der Waals surface area contributed by atoms with Crippen LogP contribution < -0.4 is 4.90 Å². The molecule has 1 aromatic rings. The van der Waals surface area contributed by atoms with Gasteiger partial charge in [0, 0.05) is 13.1 Å². The minimum atomic E-state index is 0.0590. The average molecular weight is 199 g/mol. The zero-order valence-electron chi connectivity index (χ0n) is 7.44. The number of hydrogen-bond donors (Lipinski definition) is 1. The maximum atomic E-state index is 9.04. The van der Waals surface area contributed by atoms with Gasteiger partial charge in [0.15, 0.2) is 5.82 Å². The van der Waals surface area contributed by atoms with Gasteiger partial charge < -0.3 is 10.0 Å². The first-order valence-corrected chi connectivity index (χ1v) is 5.36. The molecule has 0 atom stereocenters. The highest BCUT2D eigenvalue weighted by molar-refractivity contribution is 7.06. The maximum Gasteiger partial charge on any atom is 0.169 e. The molecule has 0 aromatic carbocycles. The number of piperidine rings is 1. The molecule has 1 aromatic heterocycles. The van der Waals surface area contributed by atoms with Gasteiger partial charge in [-0.05, 0) is 30.8 Å². The summed E-state index contributed by atoms with van der Waals surface area (Å²) in [6, 6.07) is 0. The van der Waals surface area contributed by atoms with E-state index in [4.69, 9.17) is 5.11 Å². The van der Waals surface area contributed by atoms with Crippen LogP contribution in [0.15, 0.2) is 0 Å². The fourth-order valence-corrected chi connectivity index (χ4v) is 2.18. The highest BCUT2D eigenvalue weighted by atomic mass is 32.1. The molecular formula is C8H13N3OS. The molecular weight excluding hydrogens is 186 g/mol. The van der Waals surface area contributed by atoms with E-state index in [9.17, 15) is 0 Å². The zero-order valence-corrected chi connectivity index (χ0v) is 8.26. The van der Waals surface area contributed by atoms with E-state index < -0.39 is 0 Å². The molecule has 1 N–H and O–H groups in total. The molecule has 0 spiro atoms. The van der Waals surface area contributed by atoms with Crippen molar-refractivity contribution in [3.8, 4) is 0 Å². The maximum absolute atomic E-state index is 9.04. The van der Waals surface area contributed by atoms with Gasteiger partial charge in [-0.2, -0.15) is 0 Å². The third-order valence-electron chi connectivity index (χ3n) is 2.34. The number of hydrogen-bond acceptors (Lipinski definition) is 5. The summed E-state index contributed by atoms with van der Waals surface area (Å²) in [6.07, 6.45) is 3.76. The van der Waals surface area contributed by atoms with Crippen molar-refractivity contribution < 1.29 is 5.11 Å². The minimum Gasteiger partial charge on any atom is -0.391 e. The van der Waals surface area contributed by atoms with Crippen LogP contribution in [-0.4, -0.2) is 27.8 Å². The van der Waals surface area contributed by atoms with Gasteiger partial charge in [0.2, 0.25) is 0 Å². The van der Waals surface area contributed by atoms with Crippen LogP contribution in [-0.2, 0) is 6.61 Å². The summed E-state index contributed by atoms with van der Waals surface area (Å²) in [5, 5.41) is 13.1. The molecule has 0 aliphatic carbocycles. The van der Waals surface area contributed by atoms with Crippen molar-refractivity contribution in [3.63, 3.8) is 0 Å². The molecule has 1 aliphatic heterocycles. The summed E-state index contributed by atoms with van der Waals surface area (Å²) in [4.78, 5) is 3.11. The highest BCUT2D eigenvalue weighted by Crippen LogP contribution is 2.23. The Morgan fingerprint density at radius 1 is 1.31 bits per heavy atom. The topological polar surface area (TPSA) is 49.3 Å². The molecule has 0 bridgehead atoms. The van der Waals surface area contributed by atoms with Crippen molar-refractivity contribution in [3.05, 3.63) is 4.88 Å². The fourth-order valence-electron chi connectivity index (χ4n) is 1.65. The van der Waals surface area contributed by atoms with E-state index in [1.54, 1.807) is 0 Å². The molecule has 2 heterocycles. The Labute approximate surface area is 81.4 Å². The summed E-state index contributed by atoms with van der Waals surface area (Å²) < 4.78 is 3.86. The van der Waals surface area contributed by atoms with Crippen molar-refractivity contribution in [2.45, 2.75) is 25.9 Å². The first-order chi connectivity index (χ1) is 6.42. The predicted molar refractivity (Wildman–Crippen MR) is 51.9 cm³/mol. The monoisotopic (exact) mass is 199 g/mol. The number of aliphatic hydroxyl groups is 1.